The highest BCUT2D eigenvalue weighted by atomic mass is 16.2. The van der Waals surface area contributed by atoms with Crippen LogP contribution < -0.4 is 22.1 Å². The second-order valence-corrected chi connectivity index (χ2v) is 6.11. The van der Waals surface area contributed by atoms with Crippen LogP contribution in [0.2, 0.25) is 0 Å². The van der Waals surface area contributed by atoms with Gasteiger partial charge < -0.3 is 22.1 Å². The number of rotatable bonds is 9. The van der Waals surface area contributed by atoms with Gasteiger partial charge in [0.05, 0.1) is 12.6 Å². The zero-order chi connectivity index (χ0) is 16.6. The Balaban J connectivity index is 4.24. The molecule has 0 aromatic carbocycles. The SMILES string of the molecule is CC(C)C[C@H](NC(=O)CNC(=O)[C@@H](N)CC(C)C)C(N)=O. The maximum absolute atomic E-state index is 11.7. The van der Waals surface area contributed by atoms with Crippen LogP contribution in [0.4, 0.5) is 0 Å². The molecule has 0 aliphatic rings. The fourth-order valence-electron chi connectivity index (χ4n) is 1.88. The summed E-state index contributed by atoms with van der Waals surface area (Å²) in [6, 6.07) is -1.36. The average molecular weight is 300 g/mol. The minimum Gasteiger partial charge on any atom is -0.368 e. The fourth-order valence-corrected chi connectivity index (χ4v) is 1.88. The first-order valence-electron chi connectivity index (χ1n) is 7.25. The van der Waals surface area contributed by atoms with Crippen molar-refractivity contribution in [1.29, 1.82) is 0 Å². The molecule has 0 rings (SSSR count). The Hall–Kier alpha value is -1.63. The van der Waals surface area contributed by atoms with Gasteiger partial charge in [-0.25, -0.2) is 0 Å². The lowest BCUT2D eigenvalue weighted by Crippen LogP contribution is -2.50. The van der Waals surface area contributed by atoms with Gasteiger partial charge in [0.2, 0.25) is 17.7 Å². The molecular weight excluding hydrogens is 272 g/mol. The summed E-state index contributed by atoms with van der Waals surface area (Å²) in [6.07, 6.45) is 1.01. The van der Waals surface area contributed by atoms with Crippen LogP contribution in [0.3, 0.4) is 0 Å². The van der Waals surface area contributed by atoms with E-state index < -0.39 is 23.9 Å². The van der Waals surface area contributed by atoms with E-state index in [1.165, 1.54) is 0 Å². The molecule has 0 spiro atoms. The largest absolute Gasteiger partial charge is 0.368 e. The number of carbonyl (C=O) groups is 3. The zero-order valence-electron chi connectivity index (χ0n) is 13.3. The Kier molecular flexibility index (Phi) is 8.61. The number of primary amides is 1. The lowest BCUT2D eigenvalue weighted by atomic mass is 10.0. The van der Waals surface area contributed by atoms with Crippen molar-refractivity contribution >= 4 is 17.7 Å². The van der Waals surface area contributed by atoms with E-state index in [2.05, 4.69) is 10.6 Å². The van der Waals surface area contributed by atoms with Gasteiger partial charge in [-0.3, -0.25) is 14.4 Å². The van der Waals surface area contributed by atoms with Crippen LogP contribution in [-0.2, 0) is 14.4 Å². The first-order valence-corrected chi connectivity index (χ1v) is 7.25. The van der Waals surface area contributed by atoms with E-state index in [0.29, 0.717) is 18.8 Å². The molecule has 6 N–H and O–H groups in total. The standard InChI is InChI=1S/C14H28N4O3/c1-8(2)5-10(15)14(21)17-7-12(19)18-11(13(16)20)6-9(3)4/h8-11H,5-7,15H2,1-4H3,(H2,16,20)(H,17,21)(H,18,19)/t10-,11-/m0/s1. The molecule has 3 amide bonds. The van der Waals surface area contributed by atoms with Crippen molar-refractivity contribution in [3.05, 3.63) is 0 Å². The summed E-state index contributed by atoms with van der Waals surface area (Å²) in [5.41, 5.74) is 10.9. The smallest absolute Gasteiger partial charge is 0.240 e. The predicted octanol–water partition coefficient (Wildman–Crippen LogP) is -0.508. The van der Waals surface area contributed by atoms with Crippen molar-refractivity contribution in [1.82, 2.24) is 10.6 Å². The zero-order valence-corrected chi connectivity index (χ0v) is 13.3. The number of hydrogen-bond donors (Lipinski definition) is 4. The molecule has 0 aliphatic heterocycles. The van der Waals surface area contributed by atoms with E-state index >= 15 is 0 Å². The van der Waals surface area contributed by atoms with Gasteiger partial charge in [0.15, 0.2) is 0 Å². The van der Waals surface area contributed by atoms with E-state index in [-0.39, 0.29) is 18.4 Å². The molecule has 0 radical (unpaired) electrons. The van der Waals surface area contributed by atoms with Crippen molar-refractivity contribution in [2.24, 2.45) is 23.3 Å². The summed E-state index contributed by atoms with van der Waals surface area (Å²) in [7, 11) is 0. The number of amides is 3. The summed E-state index contributed by atoms with van der Waals surface area (Å²) >= 11 is 0. The summed E-state index contributed by atoms with van der Waals surface area (Å²) in [6.45, 7) is 7.56. The van der Waals surface area contributed by atoms with Crippen molar-refractivity contribution in [2.45, 2.75) is 52.6 Å². The number of nitrogens with two attached hydrogens (primary N) is 2. The first-order chi connectivity index (χ1) is 9.63. The monoisotopic (exact) mass is 300 g/mol. The van der Waals surface area contributed by atoms with Gasteiger partial charge in [-0.2, -0.15) is 0 Å². The topological polar surface area (TPSA) is 127 Å². The van der Waals surface area contributed by atoms with Gasteiger partial charge in [0.1, 0.15) is 6.04 Å². The van der Waals surface area contributed by atoms with Gasteiger partial charge >= 0.3 is 0 Å². The Morgan fingerprint density at radius 1 is 1.00 bits per heavy atom. The fraction of sp³-hybridized carbons (Fsp3) is 0.786. The summed E-state index contributed by atoms with van der Waals surface area (Å²) in [5, 5.41) is 4.97. The molecule has 0 heterocycles. The number of hydrogen-bond acceptors (Lipinski definition) is 4. The van der Waals surface area contributed by atoms with Crippen molar-refractivity contribution in [2.75, 3.05) is 6.54 Å². The summed E-state index contributed by atoms with van der Waals surface area (Å²) in [4.78, 5) is 34.6. The van der Waals surface area contributed by atoms with Crippen LogP contribution in [0.1, 0.15) is 40.5 Å². The van der Waals surface area contributed by atoms with E-state index in [1.807, 2.05) is 27.7 Å². The van der Waals surface area contributed by atoms with Crippen molar-refractivity contribution in [3.8, 4) is 0 Å². The summed E-state index contributed by atoms with van der Waals surface area (Å²) < 4.78 is 0. The van der Waals surface area contributed by atoms with Gasteiger partial charge in [0, 0.05) is 0 Å². The minimum absolute atomic E-state index is 0.216. The van der Waals surface area contributed by atoms with Crippen LogP contribution in [0.25, 0.3) is 0 Å². The van der Waals surface area contributed by atoms with Crippen LogP contribution in [0.5, 0.6) is 0 Å². The van der Waals surface area contributed by atoms with Crippen LogP contribution in [0.15, 0.2) is 0 Å². The van der Waals surface area contributed by atoms with Crippen molar-refractivity contribution < 1.29 is 14.4 Å². The Morgan fingerprint density at radius 3 is 1.95 bits per heavy atom. The molecule has 7 nitrogen and oxygen atoms in total. The predicted molar refractivity (Wildman–Crippen MR) is 81.0 cm³/mol. The maximum atomic E-state index is 11.7. The van der Waals surface area contributed by atoms with Gasteiger partial charge in [-0.1, -0.05) is 27.7 Å². The average Bonchev–Trinajstić information content (AvgIpc) is 2.33. The van der Waals surface area contributed by atoms with Gasteiger partial charge in [0.25, 0.3) is 0 Å². The second kappa shape index (κ2) is 9.33. The molecule has 0 fully saturated rings. The number of carbonyl (C=O) groups excluding carboxylic acids is 3. The normalized spacial score (nSPS) is 13.9. The molecule has 0 aromatic rings. The number of nitrogens with one attached hydrogen (secondary N) is 2. The Morgan fingerprint density at radius 2 is 1.52 bits per heavy atom. The highest BCUT2D eigenvalue weighted by Gasteiger charge is 2.20. The Labute approximate surface area is 126 Å². The molecule has 0 bridgehead atoms. The van der Waals surface area contributed by atoms with E-state index in [9.17, 15) is 14.4 Å². The highest BCUT2D eigenvalue weighted by Crippen LogP contribution is 2.04. The van der Waals surface area contributed by atoms with E-state index in [1.54, 1.807) is 0 Å². The van der Waals surface area contributed by atoms with E-state index in [4.69, 9.17) is 11.5 Å². The highest BCUT2D eigenvalue weighted by molar-refractivity contribution is 5.90. The molecule has 0 saturated heterocycles. The molecule has 21 heavy (non-hydrogen) atoms. The summed E-state index contributed by atoms with van der Waals surface area (Å²) in [5.74, 6) is -0.899. The first kappa shape index (κ1) is 19.4. The lowest BCUT2D eigenvalue weighted by Gasteiger charge is -2.18. The lowest BCUT2D eigenvalue weighted by molar-refractivity contribution is -0.129. The quantitative estimate of drug-likeness (QED) is 0.457. The molecule has 2 atom stereocenters. The van der Waals surface area contributed by atoms with E-state index in [0.717, 1.165) is 0 Å². The molecular formula is C14H28N4O3. The molecule has 7 heteroatoms. The molecule has 0 unspecified atom stereocenters. The van der Waals surface area contributed by atoms with Crippen LogP contribution >= 0.6 is 0 Å². The third-order valence-corrected chi connectivity index (χ3v) is 2.87. The third-order valence-electron chi connectivity index (χ3n) is 2.87. The maximum Gasteiger partial charge on any atom is 0.240 e. The van der Waals surface area contributed by atoms with Crippen LogP contribution in [-0.4, -0.2) is 36.3 Å². The van der Waals surface area contributed by atoms with Gasteiger partial charge in [-0.05, 0) is 24.7 Å². The van der Waals surface area contributed by atoms with Crippen LogP contribution in [0, 0.1) is 11.8 Å². The third kappa shape index (κ3) is 9.01. The van der Waals surface area contributed by atoms with Gasteiger partial charge in [-0.15, -0.1) is 0 Å². The second-order valence-electron chi connectivity index (χ2n) is 6.11. The molecule has 0 aliphatic carbocycles. The Bertz CT molecular complexity index is 369. The molecule has 122 valence electrons. The van der Waals surface area contributed by atoms with Crippen molar-refractivity contribution in [3.63, 3.8) is 0 Å². The molecule has 0 saturated carbocycles. The molecule has 0 aromatic heterocycles. The minimum atomic E-state index is -0.723.